The van der Waals surface area contributed by atoms with Gasteiger partial charge in [0.2, 0.25) is 0 Å². The number of hydrogen-bond acceptors (Lipinski definition) is 2. The average molecular weight is 325 g/mol. The van der Waals surface area contributed by atoms with E-state index in [1.54, 1.807) is 0 Å². The molecule has 1 unspecified atom stereocenters. The molecule has 0 aliphatic heterocycles. The maximum Gasteiger partial charge on any atom is 0.320 e. The summed E-state index contributed by atoms with van der Waals surface area (Å²) in [5, 5.41) is 10.1. The number of nitrogens with two attached hydrogens (primary N) is 1. The molecule has 0 bridgehead atoms. The number of aliphatic carboxylic acids is 1. The van der Waals surface area contributed by atoms with Gasteiger partial charge in [0.25, 0.3) is 0 Å². The van der Waals surface area contributed by atoms with E-state index in [2.05, 4.69) is 35.0 Å². The molecule has 0 radical (unpaired) electrons. The first-order valence-electron chi connectivity index (χ1n) is 6.06. The van der Waals surface area contributed by atoms with Crippen molar-refractivity contribution in [3.63, 3.8) is 0 Å². The third-order valence-electron chi connectivity index (χ3n) is 3.51. The molecule has 0 saturated carbocycles. The summed E-state index contributed by atoms with van der Waals surface area (Å²) in [7, 11) is 1.97. The van der Waals surface area contributed by atoms with Crippen LogP contribution in [0.1, 0.15) is 16.7 Å². The van der Waals surface area contributed by atoms with Gasteiger partial charge >= 0.3 is 5.97 Å². The third kappa shape index (κ3) is 2.28. The summed E-state index contributed by atoms with van der Waals surface area (Å²) in [6.45, 7) is 4.08. The van der Waals surface area contributed by atoms with Gasteiger partial charge in [0.1, 0.15) is 6.04 Å². The van der Waals surface area contributed by atoms with Crippen molar-refractivity contribution in [3.05, 3.63) is 33.4 Å². The molecule has 4 nitrogen and oxygen atoms in total. The second-order valence-electron chi connectivity index (χ2n) is 4.90. The predicted molar refractivity (Wildman–Crippen MR) is 79.4 cm³/mol. The number of halogens is 1. The summed E-state index contributed by atoms with van der Waals surface area (Å²) in [5.74, 6) is -0.978. The van der Waals surface area contributed by atoms with E-state index >= 15 is 0 Å². The fourth-order valence-corrected chi connectivity index (χ4v) is 3.04. The topological polar surface area (TPSA) is 68.2 Å². The number of carboxylic acids is 1. The highest BCUT2D eigenvalue weighted by Gasteiger charge is 2.21. The Hall–Kier alpha value is -1.33. The minimum absolute atomic E-state index is 0.317. The number of aryl methyl sites for hydroxylation is 3. The molecule has 19 heavy (non-hydrogen) atoms. The highest BCUT2D eigenvalue weighted by atomic mass is 79.9. The Bertz CT molecular complexity index is 661. The molecule has 0 amide bonds. The molecule has 1 heterocycles. The van der Waals surface area contributed by atoms with Crippen molar-refractivity contribution in [2.75, 3.05) is 0 Å². The molecule has 0 fully saturated rings. The monoisotopic (exact) mass is 324 g/mol. The highest BCUT2D eigenvalue weighted by Crippen LogP contribution is 2.34. The fraction of sp³-hybridized carbons (Fsp3) is 0.357. The SMILES string of the molecule is Cc1ccc(C)c2c1c(CC(N)C(=O)O)c(Br)n2C. The van der Waals surface area contributed by atoms with Gasteiger partial charge in [-0.2, -0.15) is 0 Å². The van der Waals surface area contributed by atoms with E-state index in [9.17, 15) is 4.79 Å². The number of nitrogens with zero attached hydrogens (tertiary/aromatic N) is 1. The zero-order valence-electron chi connectivity index (χ0n) is 11.2. The van der Waals surface area contributed by atoms with Gasteiger partial charge < -0.3 is 15.4 Å². The van der Waals surface area contributed by atoms with Crippen LogP contribution in [0.15, 0.2) is 16.7 Å². The van der Waals surface area contributed by atoms with E-state index in [4.69, 9.17) is 10.8 Å². The van der Waals surface area contributed by atoms with Gasteiger partial charge in [0.05, 0.1) is 10.1 Å². The zero-order chi connectivity index (χ0) is 14.3. The van der Waals surface area contributed by atoms with Gasteiger partial charge in [0, 0.05) is 18.9 Å². The Kier molecular flexibility index (Phi) is 3.69. The Morgan fingerprint density at radius 1 is 1.42 bits per heavy atom. The molecule has 5 heteroatoms. The Labute approximate surface area is 120 Å². The van der Waals surface area contributed by atoms with E-state index in [-0.39, 0.29) is 0 Å². The van der Waals surface area contributed by atoms with Crippen molar-refractivity contribution < 1.29 is 9.90 Å². The molecule has 0 spiro atoms. The summed E-state index contributed by atoms with van der Waals surface area (Å²) < 4.78 is 2.94. The van der Waals surface area contributed by atoms with Crippen molar-refractivity contribution in [3.8, 4) is 0 Å². The highest BCUT2D eigenvalue weighted by molar-refractivity contribution is 9.10. The van der Waals surface area contributed by atoms with Gasteiger partial charge in [-0.05, 0) is 46.5 Å². The van der Waals surface area contributed by atoms with Crippen LogP contribution in [0.25, 0.3) is 10.9 Å². The number of aromatic nitrogens is 1. The molecule has 2 aromatic rings. The third-order valence-corrected chi connectivity index (χ3v) is 4.52. The first kappa shape index (κ1) is 14.1. The molecule has 0 aliphatic rings. The fourth-order valence-electron chi connectivity index (χ4n) is 2.51. The Morgan fingerprint density at radius 2 is 2.00 bits per heavy atom. The molecule has 0 saturated heterocycles. The van der Waals surface area contributed by atoms with Gasteiger partial charge in [-0.3, -0.25) is 4.79 Å². The van der Waals surface area contributed by atoms with Crippen LogP contribution in [0.2, 0.25) is 0 Å². The number of carbonyl (C=O) groups is 1. The van der Waals surface area contributed by atoms with Crippen LogP contribution in [0.5, 0.6) is 0 Å². The van der Waals surface area contributed by atoms with E-state index in [0.717, 1.165) is 26.6 Å². The van der Waals surface area contributed by atoms with Gasteiger partial charge in [0.15, 0.2) is 0 Å². The maximum absolute atomic E-state index is 11.0. The van der Waals surface area contributed by atoms with Crippen LogP contribution < -0.4 is 5.73 Å². The van der Waals surface area contributed by atoms with E-state index in [0.29, 0.717) is 6.42 Å². The lowest BCUT2D eigenvalue weighted by Gasteiger charge is -2.07. The van der Waals surface area contributed by atoms with E-state index in [1.165, 1.54) is 5.56 Å². The number of rotatable bonds is 3. The predicted octanol–water partition coefficient (Wildman–Crippen LogP) is 2.51. The lowest BCUT2D eigenvalue weighted by molar-refractivity contribution is -0.138. The largest absolute Gasteiger partial charge is 0.480 e. The molecule has 1 atom stereocenters. The summed E-state index contributed by atoms with van der Waals surface area (Å²) >= 11 is 3.55. The molecule has 1 aromatic heterocycles. The van der Waals surface area contributed by atoms with Crippen molar-refractivity contribution in [1.82, 2.24) is 4.57 Å². The maximum atomic E-state index is 11.0. The molecule has 0 aliphatic carbocycles. The van der Waals surface area contributed by atoms with E-state index < -0.39 is 12.0 Å². The smallest absolute Gasteiger partial charge is 0.320 e. The van der Waals surface area contributed by atoms with E-state index in [1.807, 2.05) is 18.5 Å². The minimum atomic E-state index is -0.978. The first-order valence-corrected chi connectivity index (χ1v) is 6.85. The Balaban J connectivity index is 2.70. The quantitative estimate of drug-likeness (QED) is 0.911. The van der Waals surface area contributed by atoms with Crippen LogP contribution in [0.4, 0.5) is 0 Å². The first-order chi connectivity index (χ1) is 8.84. The normalized spacial score (nSPS) is 12.9. The van der Waals surface area contributed by atoms with Gasteiger partial charge in [-0.25, -0.2) is 0 Å². The molecular formula is C14H17BrN2O2. The number of hydrogen-bond donors (Lipinski definition) is 2. The Morgan fingerprint density at radius 3 is 2.58 bits per heavy atom. The molecule has 2 rings (SSSR count). The summed E-state index contributed by atoms with van der Waals surface area (Å²) in [6.07, 6.45) is 0.317. The van der Waals surface area contributed by atoms with Crippen LogP contribution in [0.3, 0.4) is 0 Å². The van der Waals surface area contributed by atoms with Crippen LogP contribution in [0, 0.1) is 13.8 Å². The van der Waals surface area contributed by atoms with Gasteiger partial charge in [-0.15, -0.1) is 0 Å². The van der Waals surface area contributed by atoms with Crippen molar-refractivity contribution in [1.29, 1.82) is 0 Å². The molecular weight excluding hydrogens is 308 g/mol. The summed E-state index contributed by atoms with van der Waals surface area (Å²) in [5.41, 5.74) is 10.1. The number of carboxylic acid groups (broad SMARTS) is 1. The van der Waals surface area contributed by atoms with Crippen molar-refractivity contribution in [2.45, 2.75) is 26.3 Å². The lowest BCUT2D eigenvalue weighted by atomic mass is 10.0. The summed E-state index contributed by atoms with van der Waals surface area (Å²) in [6, 6.07) is 3.24. The second-order valence-corrected chi connectivity index (χ2v) is 5.65. The second kappa shape index (κ2) is 4.98. The minimum Gasteiger partial charge on any atom is -0.480 e. The van der Waals surface area contributed by atoms with Crippen LogP contribution >= 0.6 is 15.9 Å². The lowest BCUT2D eigenvalue weighted by Crippen LogP contribution is -2.32. The standard InChI is InChI=1S/C14H17BrN2O2/c1-7-4-5-8(2)12-11(7)9(13(15)17(12)3)6-10(16)14(18)19/h4-5,10H,6,16H2,1-3H3,(H,18,19). The van der Waals surface area contributed by atoms with Crippen molar-refractivity contribution >= 4 is 32.8 Å². The van der Waals surface area contributed by atoms with Gasteiger partial charge in [-0.1, -0.05) is 12.1 Å². The molecule has 102 valence electrons. The molecule has 1 aromatic carbocycles. The average Bonchev–Trinajstić information content (AvgIpc) is 2.60. The number of fused-ring (bicyclic) bond motifs is 1. The summed E-state index contributed by atoms with van der Waals surface area (Å²) in [4.78, 5) is 11.0. The van der Waals surface area contributed by atoms with Crippen molar-refractivity contribution in [2.24, 2.45) is 12.8 Å². The van der Waals surface area contributed by atoms with Crippen LogP contribution in [-0.4, -0.2) is 21.7 Å². The number of benzene rings is 1. The zero-order valence-corrected chi connectivity index (χ0v) is 12.8. The van der Waals surface area contributed by atoms with Crippen LogP contribution in [-0.2, 0) is 18.3 Å². The molecule has 3 N–H and O–H groups in total.